The number of carbonyl (C=O) groups is 4. The molecule has 0 bridgehead atoms. The van der Waals surface area contributed by atoms with E-state index in [1.165, 1.54) is 17.0 Å². The van der Waals surface area contributed by atoms with Gasteiger partial charge in [-0.2, -0.15) is 0 Å². The number of carbonyl (C=O) groups excluding carboxylic acids is 4. The quantitative estimate of drug-likeness (QED) is 0.368. The van der Waals surface area contributed by atoms with Gasteiger partial charge >= 0.3 is 0 Å². The van der Waals surface area contributed by atoms with E-state index in [1.54, 1.807) is 43.3 Å². The van der Waals surface area contributed by atoms with Crippen molar-refractivity contribution in [3.63, 3.8) is 0 Å². The Morgan fingerprint density at radius 2 is 1.72 bits per heavy atom. The van der Waals surface area contributed by atoms with Crippen molar-refractivity contribution in [1.82, 2.24) is 0 Å². The summed E-state index contributed by atoms with van der Waals surface area (Å²) in [5.74, 6) is -3.53. The molecule has 3 aliphatic carbocycles. The number of anilines is 1. The maximum atomic E-state index is 13.8. The predicted octanol–water partition coefficient (Wildman–Crippen LogP) is 4.68. The van der Waals surface area contributed by atoms with Crippen molar-refractivity contribution in [2.45, 2.75) is 25.7 Å². The van der Waals surface area contributed by atoms with Crippen molar-refractivity contribution in [1.29, 1.82) is 0 Å². The van der Waals surface area contributed by atoms with Gasteiger partial charge in [-0.3, -0.25) is 24.1 Å². The molecule has 0 saturated carbocycles. The fourth-order valence-electron chi connectivity index (χ4n) is 6.33. The number of halogens is 1. The molecule has 36 heavy (non-hydrogen) atoms. The third kappa shape index (κ3) is 3.17. The molecule has 1 aliphatic heterocycles. The maximum Gasteiger partial charge on any atom is 0.238 e. The number of hydrogen-bond acceptors (Lipinski definition) is 5. The molecule has 1 N–H and O–H groups in total. The lowest BCUT2D eigenvalue weighted by molar-refractivity contribution is -0.123. The van der Waals surface area contributed by atoms with Crippen molar-refractivity contribution < 1.29 is 24.3 Å². The number of phenols is 1. The van der Waals surface area contributed by atoms with Gasteiger partial charge in [-0.25, -0.2) is 0 Å². The second-order valence-electron chi connectivity index (χ2n) is 9.78. The summed E-state index contributed by atoms with van der Waals surface area (Å²) >= 11 is 6.28. The minimum Gasteiger partial charge on any atom is -0.508 e. The van der Waals surface area contributed by atoms with Crippen LogP contribution in [0.1, 0.15) is 31.2 Å². The van der Waals surface area contributed by atoms with Crippen LogP contribution in [-0.4, -0.2) is 28.5 Å². The zero-order valence-corrected chi connectivity index (χ0v) is 20.2. The highest BCUT2D eigenvalue weighted by Crippen LogP contribution is 2.56. The van der Waals surface area contributed by atoms with Gasteiger partial charge in [0.05, 0.1) is 17.5 Å². The van der Waals surface area contributed by atoms with E-state index in [0.29, 0.717) is 39.4 Å². The number of nitrogens with zero attached hydrogens (tertiary/aromatic N) is 1. The Bertz CT molecular complexity index is 1470. The third-order valence-corrected chi connectivity index (χ3v) is 8.11. The van der Waals surface area contributed by atoms with E-state index in [-0.39, 0.29) is 35.6 Å². The van der Waals surface area contributed by atoms with E-state index < -0.39 is 23.7 Å². The Morgan fingerprint density at radius 1 is 0.972 bits per heavy atom. The number of aromatic hydroxyl groups is 1. The normalized spacial score (nSPS) is 27.4. The number of Topliss-reactive ketones (excluding diaryl/α,β-unsaturated/α-hetero) is 1. The summed E-state index contributed by atoms with van der Waals surface area (Å²) in [6, 6.07) is 13.4. The van der Waals surface area contributed by atoms with Crippen LogP contribution in [0, 0.1) is 17.8 Å². The average molecular weight is 500 g/mol. The number of benzene rings is 2. The molecule has 7 heteroatoms. The lowest BCUT2D eigenvalue weighted by atomic mass is 9.59. The molecule has 6 rings (SSSR count). The molecule has 4 unspecified atom stereocenters. The highest BCUT2D eigenvalue weighted by atomic mass is 35.5. The number of amides is 2. The Hall–Kier alpha value is -3.77. The van der Waals surface area contributed by atoms with Crippen molar-refractivity contribution in [2.75, 3.05) is 4.90 Å². The summed E-state index contributed by atoms with van der Waals surface area (Å²) in [4.78, 5) is 55.0. The van der Waals surface area contributed by atoms with E-state index in [1.807, 2.05) is 12.1 Å². The first kappa shape index (κ1) is 22.7. The first-order valence-corrected chi connectivity index (χ1v) is 12.3. The van der Waals surface area contributed by atoms with Crippen LogP contribution in [0.3, 0.4) is 0 Å². The number of fused-ring (bicyclic) bond motifs is 3. The number of phenolic OH excluding ortho intramolecular Hbond substituents is 1. The predicted molar refractivity (Wildman–Crippen MR) is 133 cm³/mol. The molecular formula is C29H22ClNO5. The van der Waals surface area contributed by atoms with Crippen LogP contribution in [-0.2, 0) is 19.2 Å². The van der Waals surface area contributed by atoms with Gasteiger partial charge in [-0.1, -0.05) is 41.4 Å². The molecule has 2 aromatic carbocycles. The summed E-state index contributed by atoms with van der Waals surface area (Å²) in [6.07, 6.45) is 3.78. The van der Waals surface area contributed by atoms with Gasteiger partial charge in [-0.05, 0) is 62.1 Å². The highest BCUT2D eigenvalue weighted by Gasteiger charge is 2.56. The van der Waals surface area contributed by atoms with E-state index >= 15 is 0 Å². The molecule has 0 aromatic heterocycles. The standard InChI is InChI=1S/C29H22ClNO5/c1-14-11-23(33)26-21(27(14)34)13-19-17(24(26)20-12-15(30)7-10-22(20)32)8-9-18-25(19)29(36)31(28(18)35)16-5-3-2-4-6-16/h2-8,10-12,18-19,24-25,32H,9,13H2,1H3. The highest BCUT2D eigenvalue weighted by molar-refractivity contribution is 6.30. The summed E-state index contributed by atoms with van der Waals surface area (Å²) in [7, 11) is 0. The summed E-state index contributed by atoms with van der Waals surface area (Å²) < 4.78 is 0. The molecule has 4 atom stereocenters. The van der Waals surface area contributed by atoms with E-state index in [4.69, 9.17) is 11.6 Å². The van der Waals surface area contributed by atoms with Gasteiger partial charge in [0.2, 0.25) is 11.8 Å². The summed E-state index contributed by atoms with van der Waals surface area (Å²) in [5, 5.41) is 11.2. The van der Waals surface area contributed by atoms with Crippen LogP contribution >= 0.6 is 11.6 Å². The number of allylic oxidation sites excluding steroid dienone is 6. The Balaban J connectivity index is 1.52. The lowest BCUT2D eigenvalue weighted by Gasteiger charge is -2.42. The molecule has 6 nitrogen and oxygen atoms in total. The molecule has 1 heterocycles. The van der Waals surface area contributed by atoms with Crippen molar-refractivity contribution in [3.05, 3.63) is 93.6 Å². The van der Waals surface area contributed by atoms with Crippen LogP contribution in [0.25, 0.3) is 0 Å². The molecule has 0 spiro atoms. The Morgan fingerprint density at radius 3 is 2.47 bits per heavy atom. The van der Waals surface area contributed by atoms with Crippen molar-refractivity contribution >= 4 is 40.7 Å². The first-order valence-electron chi connectivity index (χ1n) is 11.9. The summed E-state index contributed by atoms with van der Waals surface area (Å²) in [5.41, 5.74) is 2.72. The minimum absolute atomic E-state index is 0.0498. The van der Waals surface area contributed by atoms with Crippen LogP contribution in [0.5, 0.6) is 5.75 Å². The number of rotatable bonds is 2. The second-order valence-corrected chi connectivity index (χ2v) is 10.2. The fourth-order valence-corrected chi connectivity index (χ4v) is 6.51. The van der Waals surface area contributed by atoms with Crippen LogP contribution in [0.4, 0.5) is 5.69 Å². The monoisotopic (exact) mass is 499 g/mol. The molecule has 1 fully saturated rings. The van der Waals surface area contributed by atoms with Gasteiger partial charge in [0, 0.05) is 33.2 Å². The maximum absolute atomic E-state index is 13.8. The molecular weight excluding hydrogens is 478 g/mol. The molecule has 1 saturated heterocycles. The van der Waals surface area contributed by atoms with Gasteiger partial charge in [0.1, 0.15) is 5.75 Å². The van der Waals surface area contributed by atoms with Gasteiger partial charge in [0.15, 0.2) is 11.6 Å². The molecule has 2 amide bonds. The zero-order valence-electron chi connectivity index (χ0n) is 19.4. The number of imide groups is 1. The van der Waals surface area contributed by atoms with Crippen LogP contribution < -0.4 is 4.90 Å². The number of ketones is 2. The van der Waals surface area contributed by atoms with Gasteiger partial charge in [0.25, 0.3) is 0 Å². The third-order valence-electron chi connectivity index (χ3n) is 7.88. The topological polar surface area (TPSA) is 91.8 Å². The minimum atomic E-state index is -0.729. The zero-order chi connectivity index (χ0) is 25.3. The lowest BCUT2D eigenvalue weighted by Crippen LogP contribution is -2.39. The van der Waals surface area contributed by atoms with Crippen LogP contribution in [0.15, 0.2) is 83.0 Å². The molecule has 4 aliphatic rings. The SMILES string of the molecule is CC1=CC(=O)C2=C(CC3C(=CCC4C(=O)N(c5ccccc5)C(=O)C43)C2c2cc(Cl)ccc2O)C1=O. The number of hydrogen-bond donors (Lipinski definition) is 1. The van der Waals surface area contributed by atoms with Crippen LogP contribution in [0.2, 0.25) is 5.02 Å². The summed E-state index contributed by atoms with van der Waals surface area (Å²) in [6.45, 7) is 1.60. The van der Waals surface area contributed by atoms with Gasteiger partial charge in [-0.15, -0.1) is 0 Å². The fraction of sp³-hybridized carbons (Fsp3) is 0.241. The van der Waals surface area contributed by atoms with Crippen molar-refractivity contribution in [3.8, 4) is 5.75 Å². The first-order chi connectivity index (χ1) is 17.3. The second kappa shape index (κ2) is 8.14. The van der Waals surface area contributed by atoms with Gasteiger partial charge < -0.3 is 5.11 Å². The number of para-hydroxylation sites is 1. The Labute approximate surface area is 212 Å². The van der Waals surface area contributed by atoms with E-state index in [2.05, 4.69) is 0 Å². The smallest absolute Gasteiger partial charge is 0.238 e. The van der Waals surface area contributed by atoms with Crippen molar-refractivity contribution in [2.24, 2.45) is 17.8 Å². The van der Waals surface area contributed by atoms with E-state index in [9.17, 15) is 24.3 Å². The molecule has 180 valence electrons. The van der Waals surface area contributed by atoms with E-state index in [0.717, 1.165) is 5.57 Å². The molecule has 2 aromatic rings. The average Bonchev–Trinajstić information content (AvgIpc) is 3.13. The molecule has 0 radical (unpaired) electrons. The largest absolute Gasteiger partial charge is 0.508 e. The Kier molecular flexibility index (Phi) is 5.12.